The number of amides is 1. The van der Waals surface area contributed by atoms with Gasteiger partial charge in [0.05, 0.1) is 22.3 Å². The number of carbonyl (C=O) groups excluding carboxylic acids is 1. The number of ether oxygens (including phenoxy) is 1. The summed E-state index contributed by atoms with van der Waals surface area (Å²) in [6.45, 7) is 2.20. The lowest BCUT2D eigenvalue weighted by atomic mass is 9.96. The first-order valence-corrected chi connectivity index (χ1v) is 11.0. The molecule has 5 nitrogen and oxygen atoms in total. The Morgan fingerprint density at radius 2 is 1.91 bits per heavy atom. The van der Waals surface area contributed by atoms with Gasteiger partial charge in [0.1, 0.15) is 0 Å². The van der Waals surface area contributed by atoms with Crippen LogP contribution in [0.15, 0.2) is 72.2 Å². The number of anilines is 1. The van der Waals surface area contributed by atoms with Crippen LogP contribution in [0.25, 0.3) is 21.3 Å². The van der Waals surface area contributed by atoms with E-state index < -0.39 is 0 Å². The van der Waals surface area contributed by atoms with Gasteiger partial charge < -0.3 is 10.1 Å². The Morgan fingerprint density at radius 3 is 2.69 bits per heavy atom. The van der Waals surface area contributed by atoms with Crippen molar-refractivity contribution < 1.29 is 9.53 Å². The highest BCUT2D eigenvalue weighted by Gasteiger charge is 2.13. The molecule has 1 heterocycles. The number of rotatable bonds is 8. The normalized spacial score (nSPS) is 10.8. The number of thiazole rings is 1. The lowest BCUT2D eigenvalue weighted by Crippen LogP contribution is -2.23. The van der Waals surface area contributed by atoms with Crippen LogP contribution in [0.2, 0.25) is 0 Å². The van der Waals surface area contributed by atoms with Gasteiger partial charge in [-0.1, -0.05) is 36.4 Å². The summed E-state index contributed by atoms with van der Waals surface area (Å²) in [5.41, 5.74) is 7.45. The predicted octanol–water partition coefficient (Wildman–Crippen LogP) is 5.72. The van der Waals surface area contributed by atoms with E-state index in [2.05, 4.69) is 34.4 Å². The van der Waals surface area contributed by atoms with E-state index in [9.17, 15) is 4.79 Å². The fraction of sp³-hybridized carbons (Fsp3) is 0.200. The van der Waals surface area contributed by atoms with Crippen LogP contribution < -0.4 is 5.32 Å². The Morgan fingerprint density at radius 1 is 1.09 bits per heavy atom. The van der Waals surface area contributed by atoms with Crippen LogP contribution in [-0.4, -0.2) is 43.1 Å². The third-order valence-electron chi connectivity index (χ3n) is 5.16. The minimum atomic E-state index is -0.130. The number of fused-ring (bicyclic) bond motifs is 1. The van der Waals surface area contributed by atoms with Gasteiger partial charge in [0.2, 0.25) is 0 Å². The predicted molar refractivity (Wildman–Crippen MR) is 135 cm³/mol. The molecule has 0 saturated carbocycles. The first-order chi connectivity index (χ1) is 15.1. The molecular formula is C25H26ClN3O2S. The second-order valence-corrected chi connectivity index (χ2v) is 8.34. The third-order valence-corrected chi connectivity index (χ3v) is 5.97. The molecule has 1 N–H and O–H groups in total. The van der Waals surface area contributed by atoms with Gasteiger partial charge in [-0.05, 0) is 54.1 Å². The van der Waals surface area contributed by atoms with Crippen LogP contribution in [0.3, 0.4) is 0 Å². The second-order valence-electron chi connectivity index (χ2n) is 7.46. The average Bonchev–Trinajstić information content (AvgIpc) is 3.26. The maximum absolute atomic E-state index is 13.0. The largest absolute Gasteiger partial charge is 0.383 e. The molecule has 32 heavy (non-hydrogen) atoms. The quantitative estimate of drug-likeness (QED) is 0.360. The first kappa shape index (κ1) is 23.9. The van der Waals surface area contributed by atoms with E-state index in [4.69, 9.17) is 4.74 Å². The molecular weight excluding hydrogens is 442 g/mol. The van der Waals surface area contributed by atoms with Crippen molar-refractivity contribution >= 4 is 45.6 Å². The summed E-state index contributed by atoms with van der Waals surface area (Å²) < 4.78 is 6.31. The lowest BCUT2D eigenvalue weighted by Gasteiger charge is -2.19. The Hall–Kier alpha value is -2.77. The number of likely N-dealkylation sites (N-methyl/N-ethyl adjacent to an activating group) is 1. The summed E-state index contributed by atoms with van der Waals surface area (Å²) in [6, 6.07) is 22.0. The number of nitrogens with one attached hydrogen (secondary N) is 1. The van der Waals surface area contributed by atoms with Crippen LogP contribution in [0.4, 0.5) is 5.69 Å². The van der Waals surface area contributed by atoms with Gasteiger partial charge in [0.15, 0.2) is 0 Å². The fourth-order valence-corrected chi connectivity index (χ4v) is 4.18. The number of hydrogen-bond acceptors (Lipinski definition) is 5. The topological polar surface area (TPSA) is 54.5 Å². The summed E-state index contributed by atoms with van der Waals surface area (Å²) >= 11 is 1.59. The van der Waals surface area contributed by atoms with Crippen molar-refractivity contribution in [2.75, 3.05) is 32.6 Å². The molecule has 7 heteroatoms. The number of benzene rings is 3. The molecule has 0 aliphatic rings. The Bertz CT molecular complexity index is 1180. The molecule has 0 unspecified atom stereocenters. The summed E-state index contributed by atoms with van der Waals surface area (Å²) in [7, 11) is 3.76. The number of halogens is 1. The van der Waals surface area contributed by atoms with Gasteiger partial charge in [0.25, 0.3) is 5.91 Å². The summed E-state index contributed by atoms with van der Waals surface area (Å²) in [5, 5.41) is 3.01. The van der Waals surface area contributed by atoms with E-state index in [1.807, 2.05) is 60.1 Å². The highest BCUT2D eigenvalue weighted by atomic mass is 35.5. The van der Waals surface area contributed by atoms with Crippen LogP contribution in [-0.2, 0) is 11.3 Å². The maximum atomic E-state index is 13.0. The van der Waals surface area contributed by atoms with E-state index >= 15 is 0 Å². The molecule has 0 saturated heterocycles. The molecule has 1 aromatic heterocycles. The molecule has 0 radical (unpaired) electrons. The fourth-order valence-electron chi connectivity index (χ4n) is 3.52. The number of hydrogen-bond donors (Lipinski definition) is 1. The van der Waals surface area contributed by atoms with Gasteiger partial charge in [-0.2, -0.15) is 0 Å². The molecule has 3 aromatic carbocycles. The highest BCUT2D eigenvalue weighted by Crippen LogP contribution is 2.27. The zero-order valence-electron chi connectivity index (χ0n) is 18.1. The smallest absolute Gasteiger partial charge is 0.255 e. The number of aromatic nitrogens is 1. The SMILES string of the molecule is COCCN(C)Cc1cc(C(=O)Nc2ccc3scnc3c2)ccc1-c1ccccc1.Cl. The molecule has 166 valence electrons. The monoisotopic (exact) mass is 467 g/mol. The summed E-state index contributed by atoms with van der Waals surface area (Å²) in [6.07, 6.45) is 0. The minimum absolute atomic E-state index is 0. The first-order valence-electron chi connectivity index (χ1n) is 10.1. The van der Waals surface area contributed by atoms with Crippen molar-refractivity contribution in [1.82, 2.24) is 9.88 Å². The van der Waals surface area contributed by atoms with E-state index in [1.54, 1.807) is 18.4 Å². The molecule has 0 aliphatic heterocycles. The van der Waals surface area contributed by atoms with Crippen LogP contribution >= 0.6 is 23.7 Å². The lowest BCUT2D eigenvalue weighted by molar-refractivity contribution is 0.102. The second kappa shape index (κ2) is 11.2. The summed E-state index contributed by atoms with van der Waals surface area (Å²) in [4.78, 5) is 19.5. The van der Waals surface area contributed by atoms with E-state index in [-0.39, 0.29) is 18.3 Å². The highest BCUT2D eigenvalue weighted by molar-refractivity contribution is 7.16. The van der Waals surface area contributed by atoms with Crippen LogP contribution in [0.5, 0.6) is 0 Å². The van der Waals surface area contributed by atoms with Gasteiger partial charge in [0, 0.05) is 31.5 Å². The van der Waals surface area contributed by atoms with E-state index in [0.717, 1.165) is 45.7 Å². The molecule has 4 rings (SSSR count). The number of methoxy groups -OCH3 is 1. The molecule has 0 bridgehead atoms. The Balaban J connectivity index is 0.00000289. The Labute approximate surface area is 198 Å². The van der Waals surface area contributed by atoms with Crippen molar-refractivity contribution in [1.29, 1.82) is 0 Å². The number of carbonyl (C=O) groups is 1. The maximum Gasteiger partial charge on any atom is 0.255 e. The zero-order chi connectivity index (χ0) is 21.6. The third kappa shape index (κ3) is 5.72. The van der Waals surface area contributed by atoms with Crippen LogP contribution in [0, 0.1) is 0 Å². The molecule has 0 spiro atoms. The van der Waals surface area contributed by atoms with Crippen molar-refractivity contribution in [3.8, 4) is 11.1 Å². The van der Waals surface area contributed by atoms with Crippen molar-refractivity contribution in [3.05, 3.63) is 83.4 Å². The molecule has 4 aromatic rings. The van der Waals surface area contributed by atoms with Gasteiger partial charge >= 0.3 is 0 Å². The van der Waals surface area contributed by atoms with Crippen molar-refractivity contribution in [2.45, 2.75) is 6.54 Å². The van der Waals surface area contributed by atoms with Crippen molar-refractivity contribution in [3.63, 3.8) is 0 Å². The van der Waals surface area contributed by atoms with Gasteiger partial charge in [-0.25, -0.2) is 4.98 Å². The molecule has 0 aliphatic carbocycles. The Kier molecular flexibility index (Phi) is 8.36. The minimum Gasteiger partial charge on any atom is -0.383 e. The van der Waals surface area contributed by atoms with Crippen LogP contribution in [0.1, 0.15) is 15.9 Å². The van der Waals surface area contributed by atoms with E-state index in [1.165, 1.54) is 0 Å². The zero-order valence-corrected chi connectivity index (χ0v) is 19.7. The average molecular weight is 468 g/mol. The summed E-state index contributed by atoms with van der Waals surface area (Å²) in [5.74, 6) is -0.130. The van der Waals surface area contributed by atoms with Gasteiger partial charge in [-0.3, -0.25) is 9.69 Å². The van der Waals surface area contributed by atoms with Gasteiger partial charge in [-0.15, -0.1) is 23.7 Å². The van der Waals surface area contributed by atoms with Crippen molar-refractivity contribution in [2.24, 2.45) is 0 Å². The van der Waals surface area contributed by atoms with E-state index in [0.29, 0.717) is 12.2 Å². The molecule has 0 fully saturated rings. The molecule has 1 amide bonds. The number of nitrogens with zero attached hydrogens (tertiary/aromatic N) is 2. The molecule has 0 atom stereocenters. The standard InChI is InChI=1S/C25H25N3O2S.ClH/c1-28(12-13-30-2)16-20-14-19(8-10-22(20)18-6-4-3-5-7-18)25(29)27-21-9-11-24-23(15-21)26-17-31-24;/h3-11,14-15,17H,12-13,16H2,1-2H3,(H,27,29);1H.